The molecule has 1 N–H and O–H groups in total. The minimum absolute atomic E-state index is 0.344. The molecule has 0 radical (unpaired) electrons. The van der Waals surface area contributed by atoms with Crippen molar-refractivity contribution < 1.29 is 0 Å². The Hall–Kier alpha value is -0.460. The molecule has 1 nitrogen and oxygen atoms in total. The van der Waals surface area contributed by atoms with Crippen molar-refractivity contribution in [3.8, 4) is 0 Å². The van der Waals surface area contributed by atoms with Crippen LogP contribution in [-0.2, 0) is 0 Å². The fourth-order valence-corrected chi connectivity index (χ4v) is 1.84. The van der Waals surface area contributed by atoms with E-state index in [1.54, 1.807) is 0 Å². The van der Waals surface area contributed by atoms with Gasteiger partial charge in [0.1, 0.15) is 0 Å². The predicted molar refractivity (Wildman–Crippen MR) is 69.8 cm³/mol. The summed E-state index contributed by atoms with van der Waals surface area (Å²) in [5.74, 6) is 1.33. The molecule has 0 rings (SSSR count). The lowest BCUT2D eigenvalue weighted by atomic mass is 9.73. The largest absolute Gasteiger partial charge is 0.386 e. The molecule has 0 amide bonds. The van der Waals surface area contributed by atoms with E-state index in [4.69, 9.17) is 0 Å². The van der Waals surface area contributed by atoms with Crippen LogP contribution in [-0.4, -0.2) is 6.04 Å². The quantitative estimate of drug-likeness (QED) is 0.718. The summed E-state index contributed by atoms with van der Waals surface area (Å²) >= 11 is 0. The van der Waals surface area contributed by atoms with Crippen molar-refractivity contribution in [2.75, 3.05) is 0 Å². The van der Waals surface area contributed by atoms with Crippen molar-refractivity contribution in [2.45, 2.75) is 60.9 Å². The molecule has 3 unspecified atom stereocenters. The van der Waals surface area contributed by atoms with Gasteiger partial charge in [-0.05, 0) is 24.2 Å². The number of rotatable bonds is 5. The first-order chi connectivity index (χ1) is 6.70. The molecule has 3 atom stereocenters. The Morgan fingerprint density at radius 1 is 1.27 bits per heavy atom. The van der Waals surface area contributed by atoms with Crippen LogP contribution in [0.2, 0.25) is 0 Å². The Kier molecular flexibility index (Phi) is 5.41. The highest BCUT2D eigenvalue weighted by Crippen LogP contribution is 2.32. The minimum Gasteiger partial charge on any atom is -0.386 e. The van der Waals surface area contributed by atoms with Gasteiger partial charge in [0.25, 0.3) is 0 Å². The van der Waals surface area contributed by atoms with Gasteiger partial charge in [0, 0.05) is 11.7 Å². The summed E-state index contributed by atoms with van der Waals surface area (Å²) in [7, 11) is 0. The molecule has 0 aliphatic heterocycles. The van der Waals surface area contributed by atoms with Crippen molar-refractivity contribution in [1.82, 2.24) is 5.32 Å². The third kappa shape index (κ3) is 4.72. The summed E-state index contributed by atoms with van der Waals surface area (Å²) in [4.78, 5) is 0. The third-order valence-corrected chi connectivity index (χ3v) is 3.57. The molecule has 0 saturated heterocycles. The molecular weight excluding hydrogens is 182 g/mol. The first-order valence-electron chi connectivity index (χ1n) is 6.12. The summed E-state index contributed by atoms with van der Waals surface area (Å²) in [5, 5.41) is 3.54. The third-order valence-electron chi connectivity index (χ3n) is 3.57. The fourth-order valence-electron chi connectivity index (χ4n) is 1.84. The maximum atomic E-state index is 3.96. The van der Waals surface area contributed by atoms with Crippen LogP contribution in [0.25, 0.3) is 0 Å². The molecule has 0 fully saturated rings. The first kappa shape index (κ1) is 14.5. The number of hydrogen-bond acceptors (Lipinski definition) is 1. The van der Waals surface area contributed by atoms with Crippen molar-refractivity contribution in [3.63, 3.8) is 0 Å². The van der Waals surface area contributed by atoms with E-state index in [9.17, 15) is 0 Å². The van der Waals surface area contributed by atoms with Gasteiger partial charge in [0.15, 0.2) is 0 Å². The van der Waals surface area contributed by atoms with Crippen LogP contribution >= 0.6 is 0 Å². The van der Waals surface area contributed by atoms with Gasteiger partial charge in [0.2, 0.25) is 0 Å². The Bertz CT molecular complexity index is 200. The fraction of sp³-hybridized carbons (Fsp3) is 0.857. The van der Waals surface area contributed by atoms with E-state index in [0.29, 0.717) is 23.3 Å². The molecule has 0 aromatic carbocycles. The average molecular weight is 211 g/mol. The molecule has 0 aliphatic carbocycles. The van der Waals surface area contributed by atoms with Crippen LogP contribution in [0.15, 0.2) is 12.3 Å². The van der Waals surface area contributed by atoms with Crippen molar-refractivity contribution in [1.29, 1.82) is 0 Å². The van der Waals surface area contributed by atoms with E-state index < -0.39 is 0 Å². The van der Waals surface area contributed by atoms with Gasteiger partial charge in [-0.2, -0.15) is 0 Å². The van der Waals surface area contributed by atoms with Crippen LogP contribution in [0, 0.1) is 17.3 Å². The molecule has 0 aromatic heterocycles. The predicted octanol–water partition coefficient (Wildman–Crippen LogP) is 4.21. The standard InChI is InChI=1S/C14H29N/c1-9-11(4)13(15-10(2)3)12(5)14(6,7)8/h11-13,15H,2,9H2,1,3-8H3. The lowest BCUT2D eigenvalue weighted by Gasteiger charge is -2.38. The molecule has 0 bridgehead atoms. The second kappa shape index (κ2) is 5.58. The molecule has 90 valence electrons. The van der Waals surface area contributed by atoms with Gasteiger partial charge >= 0.3 is 0 Å². The lowest BCUT2D eigenvalue weighted by molar-refractivity contribution is 0.164. The van der Waals surface area contributed by atoms with Gasteiger partial charge in [-0.15, -0.1) is 0 Å². The maximum absolute atomic E-state index is 3.96. The Morgan fingerprint density at radius 2 is 1.73 bits per heavy atom. The monoisotopic (exact) mass is 211 g/mol. The Morgan fingerprint density at radius 3 is 2.00 bits per heavy atom. The van der Waals surface area contributed by atoms with Gasteiger partial charge < -0.3 is 5.32 Å². The average Bonchev–Trinajstić information content (AvgIpc) is 2.10. The number of hydrogen-bond donors (Lipinski definition) is 1. The van der Waals surface area contributed by atoms with Gasteiger partial charge in [0.05, 0.1) is 0 Å². The van der Waals surface area contributed by atoms with Gasteiger partial charge in [-0.25, -0.2) is 0 Å². The summed E-state index contributed by atoms with van der Waals surface area (Å²) in [6.45, 7) is 19.9. The zero-order chi connectivity index (χ0) is 12.2. The highest BCUT2D eigenvalue weighted by molar-refractivity contribution is 4.94. The number of allylic oxidation sites excluding steroid dienone is 1. The van der Waals surface area contributed by atoms with E-state index in [-0.39, 0.29) is 0 Å². The van der Waals surface area contributed by atoms with Crippen molar-refractivity contribution in [2.24, 2.45) is 17.3 Å². The summed E-state index contributed by atoms with van der Waals surface area (Å²) in [5.41, 5.74) is 1.42. The molecule has 0 aliphatic rings. The number of nitrogens with one attached hydrogen (secondary N) is 1. The second-order valence-electron chi connectivity index (χ2n) is 5.99. The maximum Gasteiger partial charge on any atom is 0.0313 e. The van der Waals surface area contributed by atoms with E-state index in [1.165, 1.54) is 6.42 Å². The Balaban J connectivity index is 4.69. The highest BCUT2D eigenvalue weighted by atomic mass is 14.9. The summed E-state index contributed by atoms with van der Waals surface area (Å²) in [6, 6.07) is 0.535. The highest BCUT2D eigenvalue weighted by Gasteiger charge is 2.30. The van der Waals surface area contributed by atoms with Crippen LogP contribution in [0.4, 0.5) is 0 Å². The first-order valence-corrected chi connectivity index (χ1v) is 6.12. The van der Waals surface area contributed by atoms with Gasteiger partial charge in [-0.3, -0.25) is 0 Å². The molecule has 1 heteroatoms. The Labute approximate surface area is 96.3 Å². The topological polar surface area (TPSA) is 12.0 Å². The van der Waals surface area contributed by atoms with E-state index >= 15 is 0 Å². The minimum atomic E-state index is 0.344. The van der Waals surface area contributed by atoms with Crippen LogP contribution in [0.1, 0.15) is 54.9 Å². The SMILES string of the molecule is C=C(C)NC(C(C)CC)C(C)C(C)(C)C. The van der Waals surface area contributed by atoms with Crippen LogP contribution in [0.5, 0.6) is 0 Å². The van der Waals surface area contributed by atoms with E-state index in [2.05, 4.69) is 53.4 Å². The second-order valence-corrected chi connectivity index (χ2v) is 5.99. The molecule has 0 spiro atoms. The van der Waals surface area contributed by atoms with Crippen LogP contribution in [0.3, 0.4) is 0 Å². The lowest BCUT2D eigenvalue weighted by Crippen LogP contribution is -2.44. The van der Waals surface area contributed by atoms with Crippen molar-refractivity contribution in [3.05, 3.63) is 12.3 Å². The molecule has 0 saturated carbocycles. The van der Waals surface area contributed by atoms with E-state index in [1.807, 2.05) is 6.92 Å². The summed E-state index contributed by atoms with van der Waals surface area (Å²) < 4.78 is 0. The molecule has 0 aromatic rings. The van der Waals surface area contributed by atoms with Crippen molar-refractivity contribution >= 4 is 0 Å². The van der Waals surface area contributed by atoms with Gasteiger partial charge in [-0.1, -0.05) is 54.5 Å². The normalized spacial score (nSPS) is 18.1. The zero-order valence-corrected chi connectivity index (χ0v) is 11.6. The van der Waals surface area contributed by atoms with Crippen LogP contribution < -0.4 is 5.32 Å². The molecule has 0 heterocycles. The molecular formula is C14H29N. The summed E-state index contributed by atoms with van der Waals surface area (Å²) in [6.07, 6.45) is 1.21. The zero-order valence-electron chi connectivity index (χ0n) is 11.6. The molecule has 15 heavy (non-hydrogen) atoms. The van der Waals surface area contributed by atoms with E-state index in [0.717, 1.165) is 5.70 Å². The smallest absolute Gasteiger partial charge is 0.0313 e.